The Hall–Kier alpha value is -2.21. The average Bonchev–Trinajstić information content (AvgIpc) is 3.00. The minimum absolute atomic E-state index is 0.124. The van der Waals surface area contributed by atoms with E-state index in [-0.39, 0.29) is 17.4 Å². The third-order valence-corrected chi connectivity index (χ3v) is 6.92. The summed E-state index contributed by atoms with van der Waals surface area (Å²) in [5, 5.41) is 17.5. The molecule has 2 aliphatic rings. The van der Waals surface area contributed by atoms with Crippen molar-refractivity contribution in [2.75, 3.05) is 33.9 Å². The van der Waals surface area contributed by atoms with Crippen molar-refractivity contribution < 1.29 is 33.6 Å². The molecule has 0 aromatic rings. The molecule has 0 aromatic carbocycles. The number of methoxy groups -OCH3 is 1. The summed E-state index contributed by atoms with van der Waals surface area (Å²) in [4.78, 5) is 30.8. The SMILES string of the molecule is CO[C@@H](C(=O)N[C@H]1CC[C@@H](OCCCCCCN=[N+]=[N-])CN(C)C1=O)[C@@H]1OC(C)(C)O[C@H](C=CC(C)(C)C)[C@H]1O. The van der Waals surface area contributed by atoms with E-state index in [1.807, 2.05) is 26.8 Å². The number of amides is 2. The normalized spacial score (nSPS) is 28.1. The monoisotopic (exact) mass is 567 g/mol. The standard InChI is InChI=1S/C28H49N5O7/c1-27(2,3)15-14-21-22(34)23(40-28(4,5)39-21)24(37-7)25(35)31-20-13-12-19(18-33(6)26(20)36)38-17-11-9-8-10-16-30-32-29/h14-15,19-24,34H,8-13,16-18H2,1-7H3,(H,31,35)/t19-,20+,21-,22-,23-,24-/m1/s1. The Morgan fingerprint density at radius 2 is 1.98 bits per heavy atom. The molecule has 2 saturated heterocycles. The maximum Gasteiger partial charge on any atom is 0.252 e. The van der Waals surface area contributed by atoms with Crippen LogP contribution in [0.2, 0.25) is 0 Å². The summed E-state index contributed by atoms with van der Waals surface area (Å²) in [6.45, 7) is 11.1. The van der Waals surface area contributed by atoms with Crippen molar-refractivity contribution >= 4 is 11.8 Å². The third kappa shape index (κ3) is 11.0. The van der Waals surface area contributed by atoms with Gasteiger partial charge in [-0.3, -0.25) is 9.59 Å². The summed E-state index contributed by atoms with van der Waals surface area (Å²) in [5.74, 6) is -1.80. The molecule has 0 radical (unpaired) electrons. The van der Waals surface area contributed by atoms with Crippen LogP contribution < -0.4 is 5.32 Å². The molecule has 0 aliphatic carbocycles. The van der Waals surface area contributed by atoms with E-state index in [1.54, 1.807) is 31.9 Å². The molecule has 2 N–H and O–H groups in total. The van der Waals surface area contributed by atoms with Gasteiger partial charge in [0.1, 0.15) is 24.4 Å². The Labute approximate surface area is 238 Å². The van der Waals surface area contributed by atoms with Crippen LogP contribution in [0, 0.1) is 5.41 Å². The number of ether oxygens (including phenoxy) is 4. The van der Waals surface area contributed by atoms with E-state index in [9.17, 15) is 14.7 Å². The van der Waals surface area contributed by atoms with E-state index >= 15 is 0 Å². The van der Waals surface area contributed by atoms with Crippen molar-refractivity contribution in [2.24, 2.45) is 10.5 Å². The third-order valence-electron chi connectivity index (χ3n) is 6.92. The maximum absolute atomic E-state index is 13.4. The van der Waals surface area contributed by atoms with Crippen molar-refractivity contribution in [3.8, 4) is 0 Å². The lowest BCUT2D eigenvalue weighted by atomic mass is 9.93. The molecule has 0 saturated carbocycles. The lowest BCUT2D eigenvalue weighted by Crippen LogP contribution is -2.62. The Kier molecular flexibility index (Phi) is 13.3. The topological polar surface area (TPSA) is 155 Å². The van der Waals surface area contributed by atoms with E-state index in [1.165, 1.54) is 7.11 Å². The van der Waals surface area contributed by atoms with Crippen molar-refractivity contribution in [3.05, 3.63) is 22.6 Å². The molecule has 0 aromatic heterocycles. The molecular weight excluding hydrogens is 518 g/mol. The van der Waals surface area contributed by atoms with Gasteiger partial charge in [-0.05, 0) is 50.5 Å². The Morgan fingerprint density at radius 1 is 1.27 bits per heavy atom. The highest BCUT2D eigenvalue weighted by molar-refractivity contribution is 5.89. The first-order valence-corrected chi connectivity index (χ1v) is 14.2. The van der Waals surface area contributed by atoms with Gasteiger partial charge < -0.3 is 34.3 Å². The van der Waals surface area contributed by atoms with E-state index in [4.69, 9.17) is 24.5 Å². The van der Waals surface area contributed by atoms with Crippen LogP contribution in [-0.4, -0.2) is 98.0 Å². The second-order valence-corrected chi connectivity index (χ2v) is 12.2. The number of aliphatic hydroxyl groups is 1. The van der Waals surface area contributed by atoms with Crippen LogP contribution >= 0.6 is 0 Å². The number of hydrogen-bond acceptors (Lipinski definition) is 8. The van der Waals surface area contributed by atoms with Gasteiger partial charge in [0.2, 0.25) is 5.91 Å². The zero-order valence-corrected chi connectivity index (χ0v) is 25.2. The minimum Gasteiger partial charge on any atom is -0.387 e. The average molecular weight is 568 g/mol. The summed E-state index contributed by atoms with van der Waals surface area (Å²) in [6, 6.07) is -0.744. The fraction of sp³-hybridized carbons (Fsp3) is 0.857. The lowest BCUT2D eigenvalue weighted by Gasteiger charge is -2.45. The molecule has 0 unspecified atom stereocenters. The van der Waals surface area contributed by atoms with Crippen LogP contribution in [0.25, 0.3) is 10.4 Å². The number of allylic oxidation sites excluding steroid dienone is 1. The van der Waals surface area contributed by atoms with Crippen LogP contribution in [0.15, 0.2) is 17.3 Å². The van der Waals surface area contributed by atoms with E-state index in [0.717, 1.165) is 25.7 Å². The first kappa shape index (κ1) is 34.0. The molecule has 12 heteroatoms. The number of nitrogens with one attached hydrogen (secondary N) is 1. The fourth-order valence-corrected chi connectivity index (χ4v) is 4.86. The largest absolute Gasteiger partial charge is 0.387 e. The van der Waals surface area contributed by atoms with Gasteiger partial charge in [0.15, 0.2) is 11.9 Å². The van der Waals surface area contributed by atoms with E-state index < -0.39 is 42.2 Å². The molecule has 6 atom stereocenters. The summed E-state index contributed by atoms with van der Waals surface area (Å²) in [7, 11) is 3.08. The van der Waals surface area contributed by atoms with Crippen molar-refractivity contribution in [1.82, 2.24) is 10.2 Å². The summed E-state index contributed by atoms with van der Waals surface area (Å²) < 4.78 is 23.4. The van der Waals surface area contributed by atoms with Crippen LogP contribution in [0.4, 0.5) is 0 Å². The maximum atomic E-state index is 13.4. The first-order valence-electron chi connectivity index (χ1n) is 14.2. The number of unbranched alkanes of at least 4 members (excludes halogenated alkanes) is 3. The molecule has 0 spiro atoms. The van der Waals surface area contributed by atoms with Gasteiger partial charge in [0.05, 0.1) is 6.10 Å². The summed E-state index contributed by atoms with van der Waals surface area (Å²) in [5.41, 5.74) is 8.19. The number of carbonyl (C=O) groups is 2. The molecule has 228 valence electrons. The highest BCUT2D eigenvalue weighted by atomic mass is 16.7. The molecule has 2 fully saturated rings. The van der Waals surface area contributed by atoms with Crippen molar-refractivity contribution in [2.45, 2.75) is 115 Å². The van der Waals surface area contributed by atoms with E-state index in [2.05, 4.69) is 15.3 Å². The van der Waals surface area contributed by atoms with Gasteiger partial charge in [-0.1, -0.05) is 50.9 Å². The minimum atomic E-state index is -1.16. The van der Waals surface area contributed by atoms with Gasteiger partial charge in [-0.2, -0.15) is 0 Å². The Bertz CT molecular complexity index is 900. The van der Waals surface area contributed by atoms with E-state index in [0.29, 0.717) is 32.5 Å². The number of aliphatic hydroxyl groups excluding tert-OH is 1. The lowest BCUT2D eigenvalue weighted by molar-refractivity contribution is -0.334. The van der Waals surface area contributed by atoms with Crippen LogP contribution in [0.5, 0.6) is 0 Å². The number of hydrogen-bond donors (Lipinski definition) is 2. The first-order chi connectivity index (χ1) is 18.8. The molecule has 2 aliphatic heterocycles. The van der Waals surface area contributed by atoms with Gasteiger partial charge >= 0.3 is 0 Å². The fourth-order valence-electron chi connectivity index (χ4n) is 4.86. The van der Waals surface area contributed by atoms with Crippen LogP contribution in [0.3, 0.4) is 0 Å². The van der Waals surface area contributed by atoms with Gasteiger partial charge in [0.25, 0.3) is 5.91 Å². The molecule has 2 rings (SSSR count). The van der Waals surface area contributed by atoms with Crippen LogP contribution in [0.1, 0.15) is 73.1 Å². The van der Waals surface area contributed by atoms with Gasteiger partial charge in [-0.25, -0.2) is 0 Å². The Morgan fingerprint density at radius 3 is 2.62 bits per heavy atom. The van der Waals surface area contributed by atoms with Gasteiger partial charge in [-0.15, -0.1) is 0 Å². The molecule has 0 bridgehead atoms. The number of likely N-dealkylation sites (N-methyl/N-ethyl adjacent to an activating group) is 1. The predicted octanol–water partition coefficient (Wildman–Crippen LogP) is 3.48. The zero-order valence-electron chi connectivity index (χ0n) is 25.2. The molecule has 12 nitrogen and oxygen atoms in total. The summed E-state index contributed by atoms with van der Waals surface area (Å²) >= 11 is 0. The highest BCUT2D eigenvalue weighted by Crippen LogP contribution is 2.31. The summed E-state index contributed by atoms with van der Waals surface area (Å²) in [6.07, 6.45) is 4.30. The van der Waals surface area contributed by atoms with Crippen LogP contribution in [-0.2, 0) is 28.5 Å². The predicted molar refractivity (Wildman–Crippen MR) is 150 cm³/mol. The second-order valence-electron chi connectivity index (χ2n) is 12.2. The van der Waals surface area contributed by atoms with Crippen molar-refractivity contribution in [3.63, 3.8) is 0 Å². The zero-order chi connectivity index (χ0) is 29.9. The molecular formula is C28H49N5O7. The number of likely N-dealkylation sites (tertiary alicyclic amines) is 1. The quantitative estimate of drug-likeness (QED) is 0.113. The number of rotatable bonds is 13. The number of azide groups is 1. The Balaban J connectivity index is 1.97. The number of carbonyl (C=O) groups excluding carboxylic acids is 2. The molecule has 2 heterocycles. The molecule has 40 heavy (non-hydrogen) atoms. The highest BCUT2D eigenvalue weighted by Gasteiger charge is 2.48. The smallest absolute Gasteiger partial charge is 0.252 e. The van der Waals surface area contributed by atoms with Gasteiger partial charge in [0, 0.05) is 38.8 Å². The van der Waals surface area contributed by atoms with Crippen molar-refractivity contribution in [1.29, 1.82) is 0 Å². The molecule has 2 amide bonds. The number of nitrogens with zero attached hydrogens (tertiary/aromatic N) is 4. The second kappa shape index (κ2) is 15.7.